The van der Waals surface area contributed by atoms with Crippen LogP contribution < -0.4 is 5.32 Å². The molecular formula is C25H29FN2O2. The van der Waals surface area contributed by atoms with Crippen LogP contribution in [0.5, 0.6) is 0 Å². The number of hydrogen-bond acceptors (Lipinski definition) is 3. The molecular weight excluding hydrogens is 379 g/mol. The van der Waals surface area contributed by atoms with Gasteiger partial charge in [-0.15, -0.1) is 0 Å². The predicted molar refractivity (Wildman–Crippen MR) is 116 cm³/mol. The van der Waals surface area contributed by atoms with Crippen molar-refractivity contribution in [3.05, 3.63) is 95.2 Å². The van der Waals surface area contributed by atoms with Crippen LogP contribution in [0.15, 0.2) is 71.1 Å². The number of furan rings is 1. The van der Waals surface area contributed by atoms with Crippen LogP contribution in [0.25, 0.3) is 0 Å². The monoisotopic (exact) mass is 408 g/mol. The van der Waals surface area contributed by atoms with Gasteiger partial charge in [-0.05, 0) is 36.1 Å². The minimum Gasteiger partial charge on any atom is -0.455 e. The zero-order valence-corrected chi connectivity index (χ0v) is 17.6. The molecule has 0 aliphatic heterocycles. The molecule has 0 radical (unpaired) electrons. The lowest BCUT2D eigenvalue weighted by atomic mass is 10.1. The Hall–Kier alpha value is -2.92. The van der Waals surface area contributed by atoms with Crippen molar-refractivity contribution in [1.29, 1.82) is 0 Å². The molecule has 4 nitrogen and oxygen atoms in total. The third kappa shape index (κ3) is 6.56. The van der Waals surface area contributed by atoms with Gasteiger partial charge in [0.25, 0.3) is 5.91 Å². The lowest BCUT2D eigenvalue weighted by Gasteiger charge is -2.22. The molecule has 0 aliphatic carbocycles. The van der Waals surface area contributed by atoms with Crippen molar-refractivity contribution in [1.82, 2.24) is 10.2 Å². The van der Waals surface area contributed by atoms with Crippen LogP contribution >= 0.6 is 0 Å². The number of nitrogens with zero attached hydrogens (tertiary/aromatic N) is 1. The molecule has 0 unspecified atom stereocenters. The van der Waals surface area contributed by atoms with Crippen LogP contribution in [-0.4, -0.2) is 17.4 Å². The van der Waals surface area contributed by atoms with Gasteiger partial charge in [0.2, 0.25) is 0 Å². The van der Waals surface area contributed by atoms with Crippen molar-refractivity contribution in [3.63, 3.8) is 0 Å². The van der Waals surface area contributed by atoms with E-state index in [2.05, 4.69) is 24.1 Å². The summed E-state index contributed by atoms with van der Waals surface area (Å²) in [5.41, 5.74) is 1.76. The average Bonchev–Trinajstić information content (AvgIpc) is 3.19. The second-order valence-electron chi connectivity index (χ2n) is 7.93. The molecule has 1 heterocycles. The first-order valence-corrected chi connectivity index (χ1v) is 10.4. The van der Waals surface area contributed by atoms with E-state index in [4.69, 9.17) is 4.42 Å². The number of hydrogen-bond donors (Lipinski definition) is 1. The highest BCUT2D eigenvalue weighted by molar-refractivity contribution is 5.91. The number of amides is 1. The maximum absolute atomic E-state index is 14.2. The Morgan fingerprint density at radius 1 is 0.967 bits per heavy atom. The largest absolute Gasteiger partial charge is 0.455 e. The molecule has 0 fully saturated rings. The summed E-state index contributed by atoms with van der Waals surface area (Å²) >= 11 is 0. The molecule has 0 aliphatic rings. The number of rotatable bonds is 10. The highest BCUT2D eigenvalue weighted by Gasteiger charge is 2.15. The summed E-state index contributed by atoms with van der Waals surface area (Å²) in [7, 11) is 0. The number of carbonyl (C=O) groups is 1. The van der Waals surface area contributed by atoms with Crippen LogP contribution in [0.4, 0.5) is 4.39 Å². The Morgan fingerprint density at radius 2 is 1.70 bits per heavy atom. The summed E-state index contributed by atoms with van der Waals surface area (Å²) in [5, 5.41) is 2.89. The van der Waals surface area contributed by atoms with E-state index in [1.54, 1.807) is 18.2 Å². The fraction of sp³-hybridized carbons (Fsp3) is 0.320. The standard InChI is InChI=1S/C25H29FN2O2/c1-19(2)14-15-27-25(29)24-13-12-22(30-24)18-28(16-20-8-4-3-5-9-20)17-21-10-6-7-11-23(21)26/h3-13,19H,14-18H2,1-2H3,(H,27,29). The number of nitrogens with one attached hydrogen (secondary N) is 1. The minimum absolute atomic E-state index is 0.203. The molecule has 2 aromatic carbocycles. The SMILES string of the molecule is CC(C)CCNC(=O)c1ccc(CN(Cc2ccccc2)Cc2ccccc2F)o1. The summed E-state index contributed by atoms with van der Waals surface area (Å²) in [5.74, 6) is 1.09. The normalized spacial score (nSPS) is 11.2. The van der Waals surface area contributed by atoms with Crippen molar-refractivity contribution in [2.24, 2.45) is 5.92 Å². The number of benzene rings is 2. The molecule has 1 N–H and O–H groups in total. The van der Waals surface area contributed by atoms with Crippen molar-refractivity contribution in [3.8, 4) is 0 Å². The van der Waals surface area contributed by atoms with Gasteiger partial charge in [0.05, 0.1) is 6.54 Å². The van der Waals surface area contributed by atoms with Crippen molar-refractivity contribution in [2.45, 2.75) is 39.9 Å². The summed E-state index contributed by atoms with van der Waals surface area (Å²) in [6, 6.07) is 20.4. The predicted octanol–water partition coefficient (Wildman–Crippen LogP) is 5.40. The minimum atomic E-state index is -0.222. The summed E-state index contributed by atoms with van der Waals surface area (Å²) in [6.45, 7) is 6.43. The van der Waals surface area contributed by atoms with Crippen LogP contribution in [-0.2, 0) is 19.6 Å². The third-order valence-corrected chi connectivity index (χ3v) is 4.87. The quantitative estimate of drug-likeness (QED) is 0.489. The van der Waals surface area contributed by atoms with Crippen LogP contribution in [0, 0.1) is 11.7 Å². The lowest BCUT2D eigenvalue weighted by molar-refractivity contribution is 0.0919. The maximum atomic E-state index is 14.2. The van der Waals surface area contributed by atoms with Gasteiger partial charge in [0.15, 0.2) is 5.76 Å². The lowest BCUT2D eigenvalue weighted by Crippen LogP contribution is -2.25. The summed E-state index contributed by atoms with van der Waals surface area (Å²) < 4.78 is 20.0. The van der Waals surface area contributed by atoms with E-state index in [1.165, 1.54) is 6.07 Å². The first kappa shape index (κ1) is 21.8. The van der Waals surface area contributed by atoms with E-state index in [-0.39, 0.29) is 11.7 Å². The molecule has 1 aromatic heterocycles. The van der Waals surface area contributed by atoms with E-state index >= 15 is 0 Å². The van der Waals surface area contributed by atoms with Gasteiger partial charge in [-0.3, -0.25) is 9.69 Å². The first-order chi connectivity index (χ1) is 14.5. The molecule has 1 amide bonds. The third-order valence-electron chi connectivity index (χ3n) is 4.87. The molecule has 3 rings (SSSR count). The zero-order chi connectivity index (χ0) is 21.3. The Balaban J connectivity index is 1.69. The Kier molecular flexibility index (Phi) is 7.80. The smallest absolute Gasteiger partial charge is 0.286 e. The van der Waals surface area contributed by atoms with Gasteiger partial charge in [-0.1, -0.05) is 62.4 Å². The van der Waals surface area contributed by atoms with Gasteiger partial charge in [0.1, 0.15) is 11.6 Å². The first-order valence-electron chi connectivity index (χ1n) is 10.4. The second kappa shape index (κ2) is 10.7. The summed E-state index contributed by atoms with van der Waals surface area (Å²) in [4.78, 5) is 14.4. The fourth-order valence-electron chi connectivity index (χ4n) is 3.24. The molecule has 30 heavy (non-hydrogen) atoms. The van der Waals surface area contributed by atoms with E-state index in [0.29, 0.717) is 49.2 Å². The van der Waals surface area contributed by atoms with Crippen molar-refractivity contribution in [2.75, 3.05) is 6.54 Å². The molecule has 158 valence electrons. The van der Waals surface area contributed by atoms with Gasteiger partial charge < -0.3 is 9.73 Å². The highest BCUT2D eigenvalue weighted by Crippen LogP contribution is 2.18. The molecule has 0 saturated carbocycles. The van der Waals surface area contributed by atoms with Crippen LogP contribution in [0.3, 0.4) is 0 Å². The highest BCUT2D eigenvalue weighted by atomic mass is 19.1. The maximum Gasteiger partial charge on any atom is 0.286 e. The number of carbonyl (C=O) groups excluding carboxylic acids is 1. The van der Waals surface area contributed by atoms with Gasteiger partial charge >= 0.3 is 0 Å². The molecule has 0 atom stereocenters. The molecule has 3 aromatic rings. The van der Waals surface area contributed by atoms with Crippen molar-refractivity contribution < 1.29 is 13.6 Å². The molecule has 0 bridgehead atoms. The van der Waals surface area contributed by atoms with E-state index in [0.717, 1.165) is 12.0 Å². The fourth-order valence-corrected chi connectivity index (χ4v) is 3.24. The second-order valence-corrected chi connectivity index (χ2v) is 7.93. The number of halogens is 1. The van der Waals surface area contributed by atoms with E-state index in [1.807, 2.05) is 42.5 Å². The molecule has 5 heteroatoms. The molecule has 0 spiro atoms. The van der Waals surface area contributed by atoms with Gasteiger partial charge in [0, 0.05) is 25.2 Å². The van der Waals surface area contributed by atoms with Gasteiger partial charge in [-0.2, -0.15) is 0 Å². The summed E-state index contributed by atoms with van der Waals surface area (Å²) in [6.07, 6.45) is 0.923. The Bertz CT molecular complexity index is 937. The Labute approximate surface area is 177 Å². The topological polar surface area (TPSA) is 45.5 Å². The van der Waals surface area contributed by atoms with Crippen LogP contribution in [0.1, 0.15) is 47.7 Å². The Morgan fingerprint density at radius 3 is 2.43 bits per heavy atom. The molecule has 0 saturated heterocycles. The van der Waals surface area contributed by atoms with Crippen LogP contribution in [0.2, 0.25) is 0 Å². The average molecular weight is 409 g/mol. The van der Waals surface area contributed by atoms with E-state index in [9.17, 15) is 9.18 Å². The van der Waals surface area contributed by atoms with E-state index < -0.39 is 0 Å². The van der Waals surface area contributed by atoms with Crippen molar-refractivity contribution >= 4 is 5.91 Å². The van der Waals surface area contributed by atoms with Gasteiger partial charge in [-0.25, -0.2) is 4.39 Å². The zero-order valence-electron chi connectivity index (χ0n) is 17.6.